The second-order valence-corrected chi connectivity index (χ2v) is 6.11. The summed E-state index contributed by atoms with van der Waals surface area (Å²) in [7, 11) is -3.10. The largest absolute Gasteiger partial charge is 0.384 e. The molecule has 0 saturated carbocycles. The van der Waals surface area contributed by atoms with E-state index in [4.69, 9.17) is 5.73 Å². The van der Waals surface area contributed by atoms with Gasteiger partial charge in [-0.25, -0.2) is 13.1 Å². The highest BCUT2D eigenvalue weighted by Gasteiger charge is 2.01. The van der Waals surface area contributed by atoms with Crippen molar-refractivity contribution in [3.8, 4) is 0 Å². The number of benzene rings is 1. The number of hydrogen-bond acceptors (Lipinski definition) is 4. The molecule has 0 aliphatic heterocycles. The van der Waals surface area contributed by atoms with E-state index in [0.29, 0.717) is 19.6 Å². The Morgan fingerprint density at radius 2 is 2.00 bits per heavy atom. The summed E-state index contributed by atoms with van der Waals surface area (Å²) in [6.45, 7) is 3.63. The van der Waals surface area contributed by atoms with Gasteiger partial charge in [0.25, 0.3) is 0 Å². The lowest BCUT2D eigenvalue weighted by atomic mass is 10.1. The maximum Gasteiger partial charge on any atom is 0.208 e. The molecule has 18 heavy (non-hydrogen) atoms. The Kier molecular flexibility index (Phi) is 5.58. The van der Waals surface area contributed by atoms with Crippen molar-refractivity contribution in [1.29, 1.82) is 0 Å². The summed E-state index contributed by atoms with van der Waals surface area (Å²) in [5.41, 5.74) is 8.96. The van der Waals surface area contributed by atoms with Gasteiger partial charge >= 0.3 is 0 Å². The second kappa shape index (κ2) is 6.72. The Morgan fingerprint density at radius 3 is 2.56 bits per heavy atom. The summed E-state index contributed by atoms with van der Waals surface area (Å²) >= 11 is 0. The molecule has 0 aliphatic carbocycles. The zero-order chi connectivity index (χ0) is 13.6. The molecule has 0 heterocycles. The molecular weight excluding hydrogens is 250 g/mol. The molecule has 0 atom stereocenters. The van der Waals surface area contributed by atoms with Crippen molar-refractivity contribution >= 4 is 15.7 Å². The molecule has 0 fully saturated rings. The lowest BCUT2D eigenvalue weighted by Crippen LogP contribution is -2.27. The number of rotatable bonds is 7. The van der Waals surface area contributed by atoms with E-state index in [0.717, 1.165) is 18.4 Å². The third-order valence-corrected chi connectivity index (χ3v) is 3.30. The molecule has 4 N–H and O–H groups in total. The summed E-state index contributed by atoms with van der Waals surface area (Å²) in [4.78, 5) is 0. The van der Waals surface area contributed by atoms with Crippen molar-refractivity contribution in [3.05, 3.63) is 29.3 Å². The minimum Gasteiger partial charge on any atom is -0.384 e. The number of sulfonamides is 1. The monoisotopic (exact) mass is 271 g/mol. The maximum absolute atomic E-state index is 10.9. The van der Waals surface area contributed by atoms with E-state index in [1.54, 1.807) is 0 Å². The molecule has 0 saturated heterocycles. The minimum absolute atomic E-state index is 0.377. The van der Waals surface area contributed by atoms with Gasteiger partial charge in [-0.2, -0.15) is 0 Å². The van der Waals surface area contributed by atoms with Gasteiger partial charge in [-0.3, -0.25) is 0 Å². The fraction of sp³-hybridized carbons (Fsp3) is 0.500. The molecule has 0 radical (unpaired) electrons. The van der Waals surface area contributed by atoms with Crippen molar-refractivity contribution in [2.45, 2.75) is 13.3 Å². The first-order valence-electron chi connectivity index (χ1n) is 5.90. The van der Waals surface area contributed by atoms with Crippen LogP contribution in [0.1, 0.15) is 11.1 Å². The van der Waals surface area contributed by atoms with Crippen LogP contribution in [0.5, 0.6) is 0 Å². The van der Waals surface area contributed by atoms with Crippen LogP contribution < -0.4 is 15.8 Å². The molecule has 0 aliphatic rings. The van der Waals surface area contributed by atoms with Gasteiger partial charge in [-0.1, -0.05) is 6.07 Å². The number of nitrogens with two attached hydrogens (primary N) is 1. The highest BCUT2D eigenvalue weighted by molar-refractivity contribution is 7.88. The summed E-state index contributed by atoms with van der Waals surface area (Å²) < 4.78 is 24.2. The van der Waals surface area contributed by atoms with E-state index in [1.807, 2.05) is 19.1 Å². The third-order valence-electron chi connectivity index (χ3n) is 2.57. The molecule has 1 aromatic rings. The summed E-state index contributed by atoms with van der Waals surface area (Å²) in [6.07, 6.45) is 2.03. The molecule has 5 nitrogen and oxygen atoms in total. The van der Waals surface area contributed by atoms with Crippen molar-refractivity contribution in [2.75, 3.05) is 31.2 Å². The topological polar surface area (TPSA) is 84.2 Å². The Bertz CT molecular complexity index is 486. The predicted molar refractivity (Wildman–Crippen MR) is 75.3 cm³/mol. The smallest absolute Gasteiger partial charge is 0.208 e. The highest BCUT2D eigenvalue weighted by atomic mass is 32.2. The van der Waals surface area contributed by atoms with E-state index in [2.05, 4.69) is 16.1 Å². The van der Waals surface area contributed by atoms with Crippen LogP contribution in [0.15, 0.2) is 18.2 Å². The van der Waals surface area contributed by atoms with Crippen LogP contribution in [-0.2, 0) is 16.4 Å². The fourth-order valence-corrected chi connectivity index (χ4v) is 2.16. The zero-order valence-corrected chi connectivity index (χ0v) is 11.7. The first-order valence-corrected chi connectivity index (χ1v) is 7.79. The van der Waals surface area contributed by atoms with Crippen LogP contribution in [0.4, 0.5) is 5.69 Å². The van der Waals surface area contributed by atoms with Gasteiger partial charge in [-0.15, -0.1) is 0 Å². The van der Waals surface area contributed by atoms with E-state index in [-0.39, 0.29) is 0 Å². The van der Waals surface area contributed by atoms with Crippen molar-refractivity contribution in [2.24, 2.45) is 5.73 Å². The summed E-state index contributed by atoms with van der Waals surface area (Å²) in [5.74, 6) is 0. The molecule has 6 heteroatoms. The number of aryl methyl sites for hydroxylation is 1. The average Bonchev–Trinajstić information content (AvgIpc) is 2.27. The van der Waals surface area contributed by atoms with E-state index in [9.17, 15) is 8.42 Å². The van der Waals surface area contributed by atoms with E-state index < -0.39 is 10.0 Å². The highest BCUT2D eigenvalue weighted by Crippen LogP contribution is 2.15. The Balaban J connectivity index is 2.46. The molecule has 1 rings (SSSR count). The van der Waals surface area contributed by atoms with Gasteiger partial charge in [0.05, 0.1) is 6.26 Å². The Hall–Kier alpha value is -1.11. The molecule has 0 amide bonds. The summed E-state index contributed by atoms with van der Waals surface area (Å²) in [6, 6.07) is 6.08. The first-order chi connectivity index (χ1) is 8.42. The lowest BCUT2D eigenvalue weighted by molar-refractivity contribution is 0.589. The quantitative estimate of drug-likeness (QED) is 0.629. The van der Waals surface area contributed by atoms with Gasteiger partial charge in [0, 0.05) is 18.8 Å². The summed E-state index contributed by atoms with van der Waals surface area (Å²) in [5, 5.41) is 3.17. The molecule has 1 aromatic carbocycles. The van der Waals surface area contributed by atoms with Crippen LogP contribution in [0.3, 0.4) is 0 Å². The lowest BCUT2D eigenvalue weighted by Gasteiger charge is -2.10. The number of nitrogens with one attached hydrogen (secondary N) is 2. The van der Waals surface area contributed by atoms with Crippen LogP contribution in [0, 0.1) is 6.92 Å². The number of anilines is 1. The fourth-order valence-electron chi connectivity index (χ4n) is 1.69. The predicted octanol–water partition coefficient (Wildman–Crippen LogP) is 0.457. The van der Waals surface area contributed by atoms with Gasteiger partial charge in [0.15, 0.2) is 0 Å². The minimum atomic E-state index is -3.10. The average molecular weight is 271 g/mol. The van der Waals surface area contributed by atoms with Gasteiger partial charge in [0.2, 0.25) is 10.0 Å². The van der Waals surface area contributed by atoms with E-state index in [1.165, 1.54) is 11.1 Å². The Labute approximate surface area is 109 Å². The van der Waals surface area contributed by atoms with Crippen molar-refractivity contribution in [3.63, 3.8) is 0 Å². The van der Waals surface area contributed by atoms with Gasteiger partial charge in [-0.05, 0) is 43.1 Å². The Morgan fingerprint density at radius 1 is 1.28 bits per heavy atom. The van der Waals surface area contributed by atoms with Crippen LogP contribution >= 0.6 is 0 Å². The van der Waals surface area contributed by atoms with Crippen LogP contribution in [0.2, 0.25) is 0 Å². The van der Waals surface area contributed by atoms with Gasteiger partial charge in [0.1, 0.15) is 0 Å². The van der Waals surface area contributed by atoms with Gasteiger partial charge < -0.3 is 11.1 Å². The molecule has 0 unspecified atom stereocenters. The maximum atomic E-state index is 10.9. The molecule has 102 valence electrons. The second-order valence-electron chi connectivity index (χ2n) is 4.27. The molecule has 0 aromatic heterocycles. The normalized spacial score (nSPS) is 11.5. The molecule has 0 spiro atoms. The van der Waals surface area contributed by atoms with Crippen molar-refractivity contribution < 1.29 is 8.42 Å². The van der Waals surface area contributed by atoms with Crippen LogP contribution in [0.25, 0.3) is 0 Å². The van der Waals surface area contributed by atoms with E-state index >= 15 is 0 Å². The standard InChI is InChI=1S/C12H21N3O2S/c1-10-9-12(4-3-11(10)5-6-13)14-7-8-15-18(2,16)17/h3-4,9,14-15H,5-8,13H2,1-2H3. The molecule has 0 bridgehead atoms. The zero-order valence-electron chi connectivity index (χ0n) is 10.9. The SMILES string of the molecule is Cc1cc(NCCNS(C)(=O)=O)ccc1CCN. The third kappa shape index (κ3) is 5.48. The number of hydrogen-bond donors (Lipinski definition) is 3. The van der Waals surface area contributed by atoms with Crippen LogP contribution in [-0.4, -0.2) is 34.3 Å². The van der Waals surface area contributed by atoms with Crippen molar-refractivity contribution in [1.82, 2.24) is 4.72 Å². The molecular formula is C12H21N3O2S. The first kappa shape index (κ1) is 14.9.